The lowest BCUT2D eigenvalue weighted by Crippen LogP contribution is -2.35. The van der Waals surface area contributed by atoms with Crippen LogP contribution >= 0.6 is 22.7 Å². The molecule has 0 aliphatic heterocycles. The van der Waals surface area contributed by atoms with Crippen molar-refractivity contribution in [3.63, 3.8) is 0 Å². The van der Waals surface area contributed by atoms with Crippen molar-refractivity contribution in [2.45, 2.75) is 187 Å². The third kappa shape index (κ3) is 19.0. The van der Waals surface area contributed by atoms with Crippen LogP contribution in [0.5, 0.6) is 0 Å². The summed E-state index contributed by atoms with van der Waals surface area (Å²) >= 11 is 2.75. The first kappa shape index (κ1) is 89.2. The number of hydrogen-bond donors (Lipinski definition) is 8. The number of aromatic nitrogens is 13. The van der Waals surface area contributed by atoms with E-state index in [1.807, 2.05) is 12.4 Å². The van der Waals surface area contributed by atoms with Crippen LogP contribution in [-0.2, 0) is 177 Å². The number of rotatable bonds is 20. The fraction of sp³-hybridized carbons (Fsp3) is 0.356. The first-order valence-corrected chi connectivity index (χ1v) is 50.4. The predicted octanol–water partition coefficient (Wildman–Crippen LogP) is 10.1. The van der Waals surface area contributed by atoms with Gasteiger partial charge in [0.1, 0.15) is 22.2 Å². The van der Waals surface area contributed by atoms with E-state index < -0.39 is 86.1 Å². The molecule has 130 heavy (non-hydrogen) atoms. The number of carbonyl (C=O) groups is 6. The van der Waals surface area contributed by atoms with Crippen molar-refractivity contribution in [3.05, 3.63) is 232 Å². The summed E-state index contributed by atoms with van der Waals surface area (Å²) < 4.78 is 118. The highest BCUT2D eigenvalue weighted by atomic mass is 32.2. The van der Waals surface area contributed by atoms with E-state index in [4.69, 9.17) is 0 Å². The molecule has 0 bridgehead atoms. The van der Waals surface area contributed by atoms with Crippen molar-refractivity contribution < 1.29 is 62.4 Å². The molecule has 0 saturated carbocycles. The Morgan fingerprint density at radius 3 is 1.05 bits per heavy atom. The number of amides is 10. The first-order valence-electron chi connectivity index (χ1n) is 42.8. The van der Waals surface area contributed by atoms with Gasteiger partial charge in [0.2, 0.25) is 5.13 Å². The average Bonchev–Trinajstić information content (AvgIpc) is 1.53. The fourth-order valence-corrected chi connectivity index (χ4v) is 23.2. The molecular weight excluding hydrogens is 1780 g/mol. The fourth-order valence-electron chi connectivity index (χ4n) is 18.5. The van der Waals surface area contributed by atoms with E-state index in [0.29, 0.717) is 16.6 Å². The molecule has 0 spiro atoms. The zero-order chi connectivity index (χ0) is 91.1. The van der Waals surface area contributed by atoms with Gasteiger partial charge < -0.3 is 35.6 Å². The maximum atomic E-state index is 13.0. The Labute approximate surface area is 757 Å². The number of imidazole rings is 1. The highest BCUT2D eigenvalue weighted by Gasteiger charge is 2.36. The molecular formula is C87H95N23O14S6. The van der Waals surface area contributed by atoms with Gasteiger partial charge in [0.15, 0.2) is 20.1 Å². The second-order valence-electron chi connectivity index (χ2n) is 33.1. The lowest BCUT2D eigenvalue weighted by Gasteiger charge is -2.16. The number of nitrogens with one attached hydrogen (secondary N) is 8. The predicted molar refractivity (Wildman–Crippen MR) is 483 cm³/mol. The Morgan fingerprint density at radius 1 is 0.377 bits per heavy atom. The zero-order valence-corrected chi connectivity index (χ0v) is 76.7. The molecule has 4 aromatic carbocycles. The SMILES string of the molecule is CN(Cc1nccn1C)C(=O)c1cc(S(=O)(=O)NC(=O)Nc2c3c(cc4c2CCC4)CCC3)nn1C.CN(Cc1nccs1)C(=O)c1cc(S(=O)(=O)NC(=O)Nc2c3c(cc4c2CCC4)CCC3)nn1C.O=C(Nc1c2c(cc3c1CCC3)CCC2)NS(=O)(=O)c1ccn(-c2cccnc2)n1.O=C(Nc1c2c(cc3c1CCC3)CCC2)NS(=O)(=O)c1ccn(-c2nccs2)n1. The summed E-state index contributed by atoms with van der Waals surface area (Å²) in [4.78, 5) is 96.0. The molecule has 12 aromatic rings. The summed E-state index contributed by atoms with van der Waals surface area (Å²) in [6.45, 7) is 0.526. The van der Waals surface area contributed by atoms with Gasteiger partial charge in [-0.15, -0.1) is 22.7 Å². The van der Waals surface area contributed by atoms with Crippen molar-refractivity contribution in [2.24, 2.45) is 21.1 Å². The van der Waals surface area contributed by atoms with E-state index >= 15 is 0 Å². The van der Waals surface area contributed by atoms with Crippen LogP contribution in [0.2, 0.25) is 0 Å². The number of hydrogen-bond acceptors (Lipinski definition) is 24. The number of urea groups is 4. The summed E-state index contributed by atoms with van der Waals surface area (Å²) in [5, 5.41) is 31.0. The summed E-state index contributed by atoms with van der Waals surface area (Å²) in [6, 6.07) is 14.3. The van der Waals surface area contributed by atoms with Crippen LogP contribution in [0.1, 0.15) is 172 Å². The standard InChI is InChI=1S/C24H29N7O4S.C23H26N6O4S2.C21H21N5O3S.C19H19N5O3S2/c1-29-11-10-25-20(29)14-30(2)23(32)19-13-21(27-31(19)3)36(34,35)28-24(33)26-22-17-8-4-6-15(17)12-16-7-5-9-18(16)22;1-28(13-19-24-9-10-34-19)22(30)18-12-20(26-29(18)2)35(32,33)27-23(31)25-21-16-7-3-5-14(16)11-15-6-4-8-17(15)21;27-21(23-20-17-7-1-4-14(17)12-15-5-2-8-18(15)20)25-30(28,29)19-9-11-26(24-19)16-6-3-10-22-13-16;25-18(21-17-14-5-1-3-12(14)11-13-4-2-6-15(13)17)23-29(26,27)16-7-9-24(22-16)19-20-8-10-28-19/h10-13H,4-9,14H2,1-3H3,(H2,26,28,33);9-12H,3-8,13H2,1-2H3,(H2,25,27,31);3,6,9-13H,1-2,4-5,7-8H2,(H2,23,25,27);7-11H,1-6H2,(H2,21,23,25). The van der Waals surface area contributed by atoms with Crippen LogP contribution in [0.25, 0.3) is 10.8 Å². The number of aryl methyl sites for hydroxylation is 11. The molecule has 0 fully saturated rings. The molecule has 8 aromatic heterocycles. The zero-order valence-electron chi connectivity index (χ0n) is 71.8. The van der Waals surface area contributed by atoms with Crippen LogP contribution in [0.15, 0.2) is 141 Å². The molecule has 8 heterocycles. The minimum Gasteiger partial charge on any atom is -0.337 e. The Morgan fingerprint density at radius 2 is 0.723 bits per heavy atom. The van der Waals surface area contributed by atoms with Crippen molar-refractivity contribution in [1.82, 2.24) is 92.3 Å². The lowest BCUT2D eigenvalue weighted by atomic mass is 9.99. The summed E-state index contributed by atoms with van der Waals surface area (Å²) in [7, 11) is -8.81. The smallest absolute Gasteiger partial charge is 0.333 e. The Balaban J connectivity index is 0.000000122. The molecule has 678 valence electrons. The Kier molecular flexibility index (Phi) is 25.3. The van der Waals surface area contributed by atoms with Crippen LogP contribution in [0.4, 0.5) is 41.9 Å². The van der Waals surface area contributed by atoms with Crippen LogP contribution in [-0.4, -0.2) is 157 Å². The highest BCUT2D eigenvalue weighted by molar-refractivity contribution is 7.90. The third-order valence-electron chi connectivity index (χ3n) is 24.5. The van der Waals surface area contributed by atoms with Gasteiger partial charge >= 0.3 is 24.1 Å². The second-order valence-corrected chi connectivity index (χ2v) is 41.5. The minimum absolute atomic E-state index is 0.0752. The van der Waals surface area contributed by atoms with Gasteiger partial charge in [0.25, 0.3) is 51.9 Å². The molecule has 8 aliphatic rings. The summed E-state index contributed by atoms with van der Waals surface area (Å²) in [5.41, 5.74) is 22.9. The van der Waals surface area contributed by atoms with Crippen molar-refractivity contribution in [3.8, 4) is 10.8 Å². The largest absolute Gasteiger partial charge is 0.337 e. The van der Waals surface area contributed by atoms with Gasteiger partial charge in [-0.3, -0.25) is 23.9 Å². The normalized spacial score (nSPS) is 14.7. The van der Waals surface area contributed by atoms with E-state index in [-0.39, 0.29) is 34.5 Å². The maximum Gasteiger partial charge on any atom is 0.333 e. The van der Waals surface area contributed by atoms with Gasteiger partial charge in [0, 0.05) is 124 Å². The molecule has 8 N–H and O–H groups in total. The third-order valence-corrected chi connectivity index (χ3v) is 30.9. The van der Waals surface area contributed by atoms with E-state index in [0.717, 1.165) is 226 Å². The number of fused-ring (bicyclic) bond motifs is 8. The number of pyridine rings is 1. The molecule has 37 nitrogen and oxygen atoms in total. The van der Waals surface area contributed by atoms with Crippen molar-refractivity contribution in [1.29, 1.82) is 0 Å². The second kappa shape index (κ2) is 37.0. The number of nitrogens with zero attached hydrogens (tertiary/aromatic N) is 15. The average molecular weight is 1880 g/mol. The van der Waals surface area contributed by atoms with Crippen LogP contribution < -0.4 is 40.2 Å². The van der Waals surface area contributed by atoms with Gasteiger partial charge in [-0.25, -0.2) is 62.4 Å². The number of sulfonamides is 4. The molecule has 0 atom stereocenters. The van der Waals surface area contributed by atoms with Gasteiger partial charge in [-0.05, 0) is 267 Å². The molecule has 0 radical (unpaired) electrons. The van der Waals surface area contributed by atoms with Crippen molar-refractivity contribution in [2.75, 3.05) is 35.4 Å². The van der Waals surface area contributed by atoms with Gasteiger partial charge in [-0.2, -0.15) is 54.1 Å². The quantitative estimate of drug-likeness (QED) is 0.0351. The molecule has 0 saturated heterocycles. The van der Waals surface area contributed by atoms with Crippen LogP contribution in [0, 0.1) is 0 Å². The molecule has 0 unspecified atom stereocenters. The monoisotopic (exact) mass is 1880 g/mol. The number of anilines is 4. The summed E-state index contributed by atoms with van der Waals surface area (Å²) in [6.07, 6.45) is 36.2. The minimum atomic E-state index is -4.31. The number of thiazole rings is 2. The first-order chi connectivity index (χ1) is 62.4. The molecule has 43 heteroatoms. The molecule has 8 aliphatic carbocycles. The summed E-state index contributed by atoms with van der Waals surface area (Å²) in [5.74, 6) is -0.149. The lowest BCUT2D eigenvalue weighted by molar-refractivity contribution is 0.0764. The van der Waals surface area contributed by atoms with Crippen molar-refractivity contribution >= 4 is 121 Å². The van der Waals surface area contributed by atoms with E-state index in [2.05, 4.69) is 105 Å². The van der Waals surface area contributed by atoms with E-state index in [1.165, 1.54) is 146 Å². The Hall–Kier alpha value is -12.8. The Bertz CT molecular complexity index is 6830. The molecule has 10 amide bonds. The highest BCUT2D eigenvalue weighted by Crippen LogP contribution is 2.43. The van der Waals surface area contributed by atoms with E-state index in [9.17, 15) is 62.4 Å². The van der Waals surface area contributed by atoms with Gasteiger partial charge in [-0.1, -0.05) is 24.3 Å². The topological polar surface area (TPSA) is 469 Å². The maximum absolute atomic E-state index is 13.0. The van der Waals surface area contributed by atoms with Gasteiger partial charge in [0.05, 0.1) is 25.0 Å². The van der Waals surface area contributed by atoms with Crippen LogP contribution in [0.3, 0.4) is 0 Å². The number of benzene rings is 4. The molecule has 20 rings (SSSR count). The number of carbonyl (C=O) groups excluding carboxylic acids is 6. The van der Waals surface area contributed by atoms with E-state index in [1.54, 1.807) is 73.4 Å².